The number of para-hydroxylation sites is 1. The van der Waals surface area contributed by atoms with Gasteiger partial charge >= 0.3 is 7.60 Å². The number of aryl methyl sites for hydroxylation is 2. The Morgan fingerprint density at radius 2 is 2.04 bits per heavy atom. The van der Waals surface area contributed by atoms with Gasteiger partial charge in [0.05, 0.1) is 5.52 Å². The molecule has 1 heterocycles. The van der Waals surface area contributed by atoms with Crippen molar-refractivity contribution in [2.75, 3.05) is 5.33 Å². The molecular formula is C20H27BrFNO3P2. The average molecular weight is 490 g/mol. The van der Waals surface area contributed by atoms with Crippen molar-refractivity contribution in [3.63, 3.8) is 0 Å². The minimum atomic E-state index is -4.84. The normalized spacial score (nSPS) is 14.8. The molecule has 2 rings (SSSR count). The van der Waals surface area contributed by atoms with E-state index in [0.717, 1.165) is 16.8 Å². The molecule has 0 saturated heterocycles. The van der Waals surface area contributed by atoms with E-state index in [-0.39, 0.29) is 6.42 Å². The number of allylic oxidation sites excluding steroid dienone is 4. The molecule has 0 aliphatic carbocycles. The van der Waals surface area contributed by atoms with E-state index in [9.17, 15) is 8.96 Å². The van der Waals surface area contributed by atoms with Gasteiger partial charge in [-0.3, -0.25) is 4.57 Å². The molecule has 2 unspecified atom stereocenters. The van der Waals surface area contributed by atoms with E-state index in [1.807, 2.05) is 19.1 Å². The van der Waals surface area contributed by atoms with Crippen LogP contribution in [0.1, 0.15) is 17.7 Å². The zero-order valence-electron chi connectivity index (χ0n) is 16.1. The molecule has 2 N–H and O–H groups in total. The number of hydrogen-bond donors (Lipinski definition) is 2. The van der Waals surface area contributed by atoms with Gasteiger partial charge in [0, 0.05) is 29.4 Å². The lowest BCUT2D eigenvalue weighted by molar-refractivity contribution is 0.279. The summed E-state index contributed by atoms with van der Waals surface area (Å²) in [6.07, 6.45) is 4.76. The molecule has 8 heteroatoms. The van der Waals surface area contributed by atoms with Gasteiger partial charge in [-0.2, -0.15) is 0 Å². The summed E-state index contributed by atoms with van der Waals surface area (Å²) in [5.74, 6) is 0. The van der Waals surface area contributed by atoms with Crippen molar-refractivity contribution in [2.24, 2.45) is 0 Å². The van der Waals surface area contributed by atoms with Gasteiger partial charge in [-0.05, 0) is 31.1 Å². The molecule has 0 bridgehead atoms. The number of rotatable bonds is 7. The lowest BCUT2D eigenvalue weighted by Crippen LogP contribution is -2.12. The number of nitrogens with zero attached hydrogens (tertiary/aromatic N) is 1. The fourth-order valence-electron chi connectivity index (χ4n) is 2.81. The number of benzene rings is 1. The van der Waals surface area contributed by atoms with Crippen LogP contribution in [-0.2, 0) is 11.1 Å². The standard InChI is InChI=1S/C18H23BrFNO3P2.C2H4/c1-13-5-3-7-16-11-14(2)21(17(13)16)12-15(8-10-19)6-4-9-18(20,25)26(22,23)24;1-2/h3-8,11H,9-10,12,25H2,1-2H3,(H2,22,23,24);1-2H2/b6-4-,15-8+;. The first-order valence-corrected chi connectivity index (χ1v) is 11.9. The Bertz CT molecular complexity index is 916. The smallest absolute Gasteiger partial charge is 0.340 e. The molecule has 2 atom stereocenters. The average Bonchev–Trinajstić information content (AvgIpc) is 2.92. The van der Waals surface area contributed by atoms with Gasteiger partial charge in [0.2, 0.25) is 5.15 Å². The topological polar surface area (TPSA) is 62.5 Å². The van der Waals surface area contributed by atoms with Crippen molar-refractivity contribution in [2.45, 2.75) is 32.0 Å². The number of halogens is 2. The van der Waals surface area contributed by atoms with Gasteiger partial charge in [0.1, 0.15) is 0 Å². The first-order valence-electron chi connectivity index (χ1n) is 8.57. The first kappa shape index (κ1) is 25.0. The van der Waals surface area contributed by atoms with E-state index < -0.39 is 12.7 Å². The summed E-state index contributed by atoms with van der Waals surface area (Å²) in [5, 5.41) is -0.849. The van der Waals surface area contributed by atoms with Crippen molar-refractivity contribution in [1.29, 1.82) is 0 Å². The second kappa shape index (κ2) is 10.7. The van der Waals surface area contributed by atoms with Gasteiger partial charge in [-0.1, -0.05) is 61.6 Å². The van der Waals surface area contributed by atoms with Crippen LogP contribution in [-0.4, -0.2) is 24.8 Å². The van der Waals surface area contributed by atoms with Crippen LogP contribution in [0.4, 0.5) is 4.39 Å². The minimum Gasteiger partial charge on any atom is -0.340 e. The maximum atomic E-state index is 14.1. The Hall–Kier alpha value is -1.03. The van der Waals surface area contributed by atoms with Crippen LogP contribution >= 0.6 is 32.8 Å². The predicted octanol–water partition coefficient (Wildman–Crippen LogP) is 6.00. The summed E-state index contributed by atoms with van der Waals surface area (Å²) in [6.45, 7) is 10.7. The molecule has 0 radical (unpaired) electrons. The van der Waals surface area contributed by atoms with Crippen LogP contribution < -0.4 is 0 Å². The molecule has 28 heavy (non-hydrogen) atoms. The van der Waals surface area contributed by atoms with Crippen LogP contribution in [0.5, 0.6) is 0 Å². The SMILES string of the molecule is C=C.Cc1cccc2cc(C)n(CC(/C=C\CC(F)(P)P(=O)(O)O)=C/CBr)c12. The van der Waals surface area contributed by atoms with Gasteiger partial charge in [-0.15, -0.1) is 13.2 Å². The largest absolute Gasteiger partial charge is 0.366 e. The summed E-state index contributed by atoms with van der Waals surface area (Å²) in [5.41, 5.74) is 4.37. The summed E-state index contributed by atoms with van der Waals surface area (Å²) in [7, 11) is -3.21. The summed E-state index contributed by atoms with van der Waals surface area (Å²) >= 11 is 3.38. The van der Waals surface area contributed by atoms with Gasteiger partial charge < -0.3 is 14.4 Å². The highest BCUT2D eigenvalue weighted by molar-refractivity contribution is 9.09. The van der Waals surface area contributed by atoms with Crippen molar-refractivity contribution in [1.82, 2.24) is 4.57 Å². The Morgan fingerprint density at radius 3 is 2.61 bits per heavy atom. The van der Waals surface area contributed by atoms with Gasteiger partial charge in [0.25, 0.3) is 0 Å². The highest BCUT2D eigenvalue weighted by atomic mass is 79.9. The van der Waals surface area contributed by atoms with E-state index in [2.05, 4.69) is 58.8 Å². The fraction of sp³-hybridized carbons (Fsp3) is 0.300. The lowest BCUT2D eigenvalue weighted by Gasteiger charge is -2.19. The molecule has 0 aliphatic heterocycles. The molecule has 1 aromatic heterocycles. The van der Waals surface area contributed by atoms with E-state index >= 15 is 0 Å². The Labute approximate surface area is 176 Å². The Morgan fingerprint density at radius 1 is 1.39 bits per heavy atom. The molecule has 0 amide bonds. The lowest BCUT2D eigenvalue weighted by atomic mass is 10.1. The zero-order chi connectivity index (χ0) is 21.5. The van der Waals surface area contributed by atoms with Crippen molar-refractivity contribution < 1.29 is 18.7 Å². The maximum absolute atomic E-state index is 14.1. The van der Waals surface area contributed by atoms with Crippen LogP contribution in [0.3, 0.4) is 0 Å². The molecule has 1 aromatic carbocycles. The molecule has 0 saturated carbocycles. The quantitative estimate of drug-likeness (QED) is 0.217. The number of hydrogen-bond acceptors (Lipinski definition) is 1. The van der Waals surface area contributed by atoms with E-state index in [1.54, 1.807) is 15.3 Å². The van der Waals surface area contributed by atoms with Crippen LogP contribution in [0.25, 0.3) is 10.9 Å². The van der Waals surface area contributed by atoms with Gasteiger partial charge in [-0.25, -0.2) is 4.39 Å². The fourth-order valence-corrected chi connectivity index (χ4v) is 3.71. The van der Waals surface area contributed by atoms with Crippen molar-refractivity contribution >= 4 is 43.7 Å². The third-order valence-corrected chi connectivity index (χ3v) is 6.95. The molecular weight excluding hydrogens is 463 g/mol. The Kier molecular flexibility index (Phi) is 9.52. The Balaban J connectivity index is 0.00000190. The summed E-state index contributed by atoms with van der Waals surface area (Å²) in [6, 6.07) is 8.29. The highest BCUT2D eigenvalue weighted by Crippen LogP contribution is 2.57. The van der Waals surface area contributed by atoms with Crippen molar-refractivity contribution in [3.8, 4) is 0 Å². The zero-order valence-corrected chi connectivity index (χ0v) is 19.7. The molecule has 154 valence electrons. The molecule has 0 fully saturated rings. The predicted molar refractivity (Wildman–Crippen MR) is 124 cm³/mol. The molecule has 2 aromatic rings. The maximum Gasteiger partial charge on any atom is 0.366 e. The second-order valence-electron chi connectivity index (χ2n) is 6.29. The number of aromatic nitrogens is 1. The third kappa shape index (κ3) is 6.23. The van der Waals surface area contributed by atoms with E-state index in [1.165, 1.54) is 17.0 Å². The second-order valence-corrected chi connectivity index (χ2v) is 10.2. The van der Waals surface area contributed by atoms with Gasteiger partial charge in [0.15, 0.2) is 0 Å². The monoisotopic (exact) mass is 489 g/mol. The van der Waals surface area contributed by atoms with E-state index in [0.29, 0.717) is 11.9 Å². The van der Waals surface area contributed by atoms with Crippen LogP contribution in [0.2, 0.25) is 0 Å². The van der Waals surface area contributed by atoms with Crippen molar-refractivity contribution in [3.05, 3.63) is 72.5 Å². The highest BCUT2D eigenvalue weighted by Gasteiger charge is 2.41. The number of fused-ring (bicyclic) bond motifs is 1. The summed E-state index contributed by atoms with van der Waals surface area (Å²) in [4.78, 5) is 18.1. The van der Waals surface area contributed by atoms with Crippen LogP contribution in [0, 0.1) is 13.8 Å². The molecule has 0 aliphatic rings. The first-order chi connectivity index (χ1) is 13.1. The molecule has 4 nitrogen and oxygen atoms in total. The molecule has 0 spiro atoms. The summed E-state index contributed by atoms with van der Waals surface area (Å²) < 4.78 is 27.4. The number of alkyl halides is 2. The van der Waals surface area contributed by atoms with E-state index in [4.69, 9.17) is 9.79 Å². The van der Waals surface area contributed by atoms with Crippen LogP contribution in [0.15, 0.2) is 61.2 Å². The minimum absolute atomic E-state index is 0.383. The third-order valence-electron chi connectivity index (χ3n) is 4.23.